The minimum Gasteiger partial charge on any atom is -0.384 e. The van der Waals surface area contributed by atoms with Crippen LogP contribution < -0.4 is 11.1 Å². The van der Waals surface area contributed by atoms with Crippen LogP contribution in [0.5, 0.6) is 0 Å². The van der Waals surface area contributed by atoms with Crippen molar-refractivity contribution in [3.05, 3.63) is 23.4 Å². The maximum absolute atomic E-state index is 12.2. The molecule has 1 saturated heterocycles. The lowest BCUT2D eigenvalue weighted by molar-refractivity contribution is 0.0947. The molecule has 3 N–H and O–H groups in total. The third kappa shape index (κ3) is 4.17. The zero-order valence-electron chi connectivity index (χ0n) is 13.2. The lowest BCUT2D eigenvalue weighted by Gasteiger charge is -2.20. The SMILES string of the molecule is CCc1cc(C(=O)NCC2CCN(C(C)C)C2)cc(N)n1. The van der Waals surface area contributed by atoms with Crippen LogP contribution in [-0.2, 0) is 6.42 Å². The van der Waals surface area contributed by atoms with Crippen LogP contribution in [0.25, 0.3) is 0 Å². The van der Waals surface area contributed by atoms with Gasteiger partial charge in [-0.1, -0.05) is 6.92 Å². The van der Waals surface area contributed by atoms with Gasteiger partial charge in [-0.3, -0.25) is 4.79 Å². The summed E-state index contributed by atoms with van der Waals surface area (Å²) in [5.41, 5.74) is 7.21. The molecule has 1 aliphatic heterocycles. The molecule has 0 aliphatic carbocycles. The van der Waals surface area contributed by atoms with Gasteiger partial charge in [0.25, 0.3) is 5.91 Å². The van der Waals surface area contributed by atoms with Gasteiger partial charge in [0.15, 0.2) is 0 Å². The largest absolute Gasteiger partial charge is 0.384 e. The van der Waals surface area contributed by atoms with E-state index in [4.69, 9.17) is 5.73 Å². The maximum Gasteiger partial charge on any atom is 0.251 e. The lowest BCUT2D eigenvalue weighted by Crippen LogP contribution is -2.33. The van der Waals surface area contributed by atoms with E-state index in [0.29, 0.717) is 23.3 Å². The fourth-order valence-electron chi connectivity index (χ4n) is 2.76. The molecule has 1 aliphatic rings. The van der Waals surface area contributed by atoms with E-state index in [1.54, 1.807) is 6.07 Å². The second kappa shape index (κ2) is 6.89. The average molecular weight is 290 g/mol. The molecule has 1 unspecified atom stereocenters. The Labute approximate surface area is 126 Å². The van der Waals surface area contributed by atoms with E-state index < -0.39 is 0 Å². The van der Waals surface area contributed by atoms with Crippen LogP contribution in [-0.4, -0.2) is 41.5 Å². The summed E-state index contributed by atoms with van der Waals surface area (Å²) in [7, 11) is 0. The highest BCUT2D eigenvalue weighted by molar-refractivity contribution is 5.94. The quantitative estimate of drug-likeness (QED) is 0.865. The van der Waals surface area contributed by atoms with Crippen molar-refractivity contribution in [2.45, 2.75) is 39.7 Å². The number of nitrogens with one attached hydrogen (secondary N) is 1. The van der Waals surface area contributed by atoms with Crippen LogP contribution >= 0.6 is 0 Å². The molecule has 1 atom stereocenters. The third-order valence-electron chi connectivity index (χ3n) is 4.12. The van der Waals surface area contributed by atoms with E-state index in [1.807, 2.05) is 13.0 Å². The van der Waals surface area contributed by atoms with Gasteiger partial charge in [0.2, 0.25) is 0 Å². The first-order valence-electron chi connectivity index (χ1n) is 7.78. The van der Waals surface area contributed by atoms with Gasteiger partial charge in [-0.15, -0.1) is 0 Å². The lowest BCUT2D eigenvalue weighted by atomic mass is 10.1. The number of nitrogens with zero attached hydrogens (tertiary/aromatic N) is 2. The number of aromatic nitrogens is 1. The number of aryl methyl sites for hydroxylation is 1. The summed E-state index contributed by atoms with van der Waals surface area (Å²) in [6.45, 7) is 9.35. The number of pyridine rings is 1. The predicted molar refractivity (Wildman–Crippen MR) is 85.2 cm³/mol. The second-order valence-corrected chi connectivity index (χ2v) is 6.08. The number of hydrogen-bond donors (Lipinski definition) is 2. The Morgan fingerprint density at radius 1 is 1.52 bits per heavy atom. The summed E-state index contributed by atoms with van der Waals surface area (Å²) in [5.74, 6) is 0.898. The number of nitrogen functional groups attached to an aromatic ring is 1. The first-order valence-corrected chi connectivity index (χ1v) is 7.78. The second-order valence-electron chi connectivity index (χ2n) is 6.08. The molecule has 0 saturated carbocycles. The molecule has 5 heteroatoms. The van der Waals surface area contributed by atoms with E-state index in [-0.39, 0.29) is 5.91 Å². The predicted octanol–water partition coefficient (Wildman–Crippen LogP) is 1.69. The van der Waals surface area contributed by atoms with Crippen LogP contribution in [0.1, 0.15) is 43.2 Å². The highest BCUT2D eigenvalue weighted by Gasteiger charge is 2.24. The molecule has 1 fully saturated rings. The molecular weight excluding hydrogens is 264 g/mol. The van der Waals surface area contributed by atoms with Gasteiger partial charge >= 0.3 is 0 Å². The smallest absolute Gasteiger partial charge is 0.251 e. The van der Waals surface area contributed by atoms with Crippen molar-refractivity contribution in [3.63, 3.8) is 0 Å². The fraction of sp³-hybridized carbons (Fsp3) is 0.625. The van der Waals surface area contributed by atoms with Crippen molar-refractivity contribution in [1.29, 1.82) is 0 Å². The summed E-state index contributed by atoms with van der Waals surface area (Å²) < 4.78 is 0. The van der Waals surface area contributed by atoms with E-state index in [0.717, 1.165) is 38.2 Å². The van der Waals surface area contributed by atoms with E-state index in [1.165, 1.54) is 0 Å². The molecule has 1 aromatic heterocycles. The zero-order chi connectivity index (χ0) is 15.4. The summed E-state index contributed by atoms with van der Waals surface area (Å²) in [6, 6.07) is 4.04. The Morgan fingerprint density at radius 2 is 2.29 bits per heavy atom. The highest BCUT2D eigenvalue weighted by atomic mass is 16.1. The number of carbonyl (C=O) groups is 1. The zero-order valence-corrected chi connectivity index (χ0v) is 13.2. The standard InChI is InChI=1S/C16H26N4O/c1-4-14-7-13(8-15(17)19-14)16(21)18-9-12-5-6-20(10-12)11(2)3/h7-8,11-12H,4-6,9-10H2,1-3H3,(H2,17,19)(H,18,21). The summed E-state index contributed by atoms with van der Waals surface area (Å²) in [4.78, 5) is 18.9. The Hall–Kier alpha value is -1.62. The minimum atomic E-state index is -0.0539. The first-order chi connectivity index (χ1) is 9.99. The van der Waals surface area contributed by atoms with Crippen LogP contribution in [0.3, 0.4) is 0 Å². The molecule has 0 aromatic carbocycles. The molecular formula is C16H26N4O. The van der Waals surface area contributed by atoms with Crippen LogP contribution in [0.15, 0.2) is 12.1 Å². The number of rotatable bonds is 5. The summed E-state index contributed by atoms with van der Waals surface area (Å²) in [5, 5.41) is 3.03. The Kier molecular flexibility index (Phi) is 5.17. The van der Waals surface area contributed by atoms with Crippen molar-refractivity contribution in [2.24, 2.45) is 5.92 Å². The van der Waals surface area contributed by atoms with Gasteiger partial charge in [0.05, 0.1) is 0 Å². The topological polar surface area (TPSA) is 71.2 Å². The maximum atomic E-state index is 12.2. The van der Waals surface area contributed by atoms with Crippen LogP contribution in [0.2, 0.25) is 0 Å². The van der Waals surface area contributed by atoms with Crippen molar-refractivity contribution < 1.29 is 4.79 Å². The molecule has 0 bridgehead atoms. The van der Waals surface area contributed by atoms with Gasteiger partial charge in [-0.05, 0) is 51.3 Å². The number of anilines is 1. The molecule has 21 heavy (non-hydrogen) atoms. The number of hydrogen-bond acceptors (Lipinski definition) is 4. The van der Waals surface area contributed by atoms with Gasteiger partial charge in [0, 0.05) is 30.4 Å². The third-order valence-corrected chi connectivity index (χ3v) is 4.12. The molecule has 116 valence electrons. The summed E-state index contributed by atoms with van der Waals surface area (Å²) in [6.07, 6.45) is 1.93. The molecule has 5 nitrogen and oxygen atoms in total. The van der Waals surface area contributed by atoms with Gasteiger partial charge < -0.3 is 16.0 Å². The Balaban J connectivity index is 1.89. The minimum absolute atomic E-state index is 0.0539. The number of likely N-dealkylation sites (tertiary alicyclic amines) is 1. The number of amides is 1. The van der Waals surface area contributed by atoms with Gasteiger partial charge in [-0.2, -0.15) is 0 Å². The molecule has 0 spiro atoms. The van der Waals surface area contributed by atoms with Gasteiger partial charge in [0.1, 0.15) is 5.82 Å². The van der Waals surface area contributed by atoms with Crippen molar-refractivity contribution >= 4 is 11.7 Å². The molecule has 2 heterocycles. The average Bonchev–Trinajstić information content (AvgIpc) is 2.93. The van der Waals surface area contributed by atoms with Crippen molar-refractivity contribution in [1.82, 2.24) is 15.2 Å². The first kappa shape index (κ1) is 15.8. The van der Waals surface area contributed by atoms with Crippen molar-refractivity contribution in [2.75, 3.05) is 25.4 Å². The van der Waals surface area contributed by atoms with E-state index >= 15 is 0 Å². The van der Waals surface area contributed by atoms with E-state index in [9.17, 15) is 4.79 Å². The normalized spacial score (nSPS) is 19.1. The Morgan fingerprint density at radius 3 is 2.90 bits per heavy atom. The highest BCUT2D eigenvalue weighted by Crippen LogP contribution is 2.18. The van der Waals surface area contributed by atoms with Crippen LogP contribution in [0, 0.1) is 5.92 Å². The number of nitrogens with two attached hydrogens (primary N) is 1. The van der Waals surface area contributed by atoms with Gasteiger partial charge in [-0.25, -0.2) is 4.98 Å². The van der Waals surface area contributed by atoms with E-state index in [2.05, 4.69) is 29.0 Å². The molecule has 2 rings (SSSR count). The monoisotopic (exact) mass is 290 g/mol. The Bertz CT molecular complexity index is 501. The molecule has 0 radical (unpaired) electrons. The van der Waals surface area contributed by atoms with Crippen molar-refractivity contribution in [3.8, 4) is 0 Å². The summed E-state index contributed by atoms with van der Waals surface area (Å²) >= 11 is 0. The number of carbonyl (C=O) groups excluding carboxylic acids is 1. The van der Waals surface area contributed by atoms with Crippen LogP contribution in [0.4, 0.5) is 5.82 Å². The fourth-order valence-corrected chi connectivity index (χ4v) is 2.76. The molecule has 1 aromatic rings. The molecule has 1 amide bonds.